The zero-order valence-electron chi connectivity index (χ0n) is 23.0. The van der Waals surface area contributed by atoms with Crippen LogP contribution in [0.3, 0.4) is 0 Å². The Hall–Kier alpha value is -4.01. The van der Waals surface area contributed by atoms with Crippen LogP contribution in [0.5, 0.6) is 0 Å². The lowest BCUT2D eigenvalue weighted by Gasteiger charge is -2.44. The van der Waals surface area contributed by atoms with Crippen LogP contribution in [0, 0.1) is 29.4 Å². The van der Waals surface area contributed by atoms with Gasteiger partial charge >= 0.3 is 18.3 Å². The molecule has 0 radical (unpaired) electrons. The summed E-state index contributed by atoms with van der Waals surface area (Å²) >= 11 is 0. The zero-order valence-corrected chi connectivity index (χ0v) is 23.0. The summed E-state index contributed by atoms with van der Waals surface area (Å²) in [5.74, 6) is -8.48. The first-order chi connectivity index (χ1) is 20.9. The first-order valence-electron chi connectivity index (χ1n) is 13.9. The number of nitrogens with one attached hydrogen (secondary N) is 2. The zero-order chi connectivity index (χ0) is 32.7. The average molecular weight is 645 g/mol. The van der Waals surface area contributed by atoms with Gasteiger partial charge in [0.25, 0.3) is 5.91 Å². The number of carbonyl (C=O) groups is 3. The SMILES string of the molecule is O=C(O)c1ccc(F)c(C23COC(C(=O)N[C@H]4[C@@H](C(=O)Nc5ccc(F)c(C(F)(F)F)c5)[C@H]5CC[C@@H]4/C5=C\C(F)(F)F)(C2)C3)c1. The van der Waals surface area contributed by atoms with Crippen molar-refractivity contribution in [3.8, 4) is 0 Å². The van der Waals surface area contributed by atoms with E-state index in [1.54, 1.807) is 0 Å². The number of carboxylic acids is 1. The van der Waals surface area contributed by atoms with E-state index in [0.29, 0.717) is 12.1 Å². The van der Waals surface area contributed by atoms with E-state index in [2.05, 4.69) is 10.6 Å². The van der Waals surface area contributed by atoms with Gasteiger partial charge in [-0.05, 0) is 73.6 Å². The third-order valence-electron chi connectivity index (χ3n) is 9.44. The molecule has 5 aliphatic rings. The number of hydrogen-bond donors (Lipinski definition) is 3. The Morgan fingerprint density at radius 2 is 1.60 bits per heavy atom. The van der Waals surface area contributed by atoms with Gasteiger partial charge in [-0.25, -0.2) is 13.6 Å². The van der Waals surface area contributed by atoms with Crippen molar-refractivity contribution in [3.05, 3.63) is 76.4 Å². The van der Waals surface area contributed by atoms with Crippen LogP contribution in [0.15, 0.2) is 48.0 Å². The van der Waals surface area contributed by atoms with Crippen molar-refractivity contribution < 1.29 is 59.4 Å². The van der Waals surface area contributed by atoms with Gasteiger partial charge in [0.15, 0.2) is 0 Å². The molecule has 0 unspecified atom stereocenters. The van der Waals surface area contributed by atoms with Gasteiger partial charge in [0.2, 0.25) is 5.91 Å². The van der Waals surface area contributed by atoms with E-state index in [1.165, 1.54) is 6.07 Å². The number of anilines is 1. The highest BCUT2D eigenvalue weighted by Crippen LogP contribution is 2.60. The highest BCUT2D eigenvalue weighted by molar-refractivity contribution is 5.96. The molecule has 240 valence electrons. The molecule has 4 atom stereocenters. The van der Waals surface area contributed by atoms with Crippen molar-refractivity contribution in [2.45, 2.75) is 55.1 Å². The number of allylic oxidation sites excluding steroid dienone is 1. The number of hydrogen-bond acceptors (Lipinski definition) is 4. The number of amides is 2. The van der Waals surface area contributed by atoms with E-state index in [-0.39, 0.29) is 55.1 Å². The highest BCUT2D eigenvalue weighted by Gasteiger charge is 2.68. The highest BCUT2D eigenvalue weighted by atomic mass is 19.4. The molecule has 3 N–H and O–H groups in total. The maximum absolute atomic E-state index is 14.7. The molecule has 0 spiro atoms. The molecule has 2 saturated heterocycles. The Morgan fingerprint density at radius 3 is 2.24 bits per heavy atom. The predicted octanol–water partition coefficient (Wildman–Crippen LogP) is 5.75. The summed E-state index contributed by atoms with van der Waals surface area (Å²) in [6.45, 7) is -0.133. The Balaban J connectivity index is 1.26. The quantitative estimate of drug-likeness (QED) is 0.275. The summed E-state index contributed by atoms with van der Waals surface area (Å²) in [5.41, 5.74) is -4.85. The van der Waals surface area contributed by atoms with Crippen molar-refractivity contribution in [3.63, 3.8) is 0 Å². The second kappa shape index (κ2) is 10.3. The van der Waals surface area contributed by atoms with E-state index in [9.17, 15) is 54.6 Å². The lowest BCUT2D eigenvalue weighted by molar-refractivity contribution is -0.146. The molecular weight excluding hydrogens is 620 g/mol. The number of halogens is 8. The van der Waals surface area contributed by atoms with Crippen LogP contribution in [0.25, 0.3) is 0 Å². The minimum absolute atomic E-state index is 0.0495. The minimum Gasteiger partial charge on any atom is -0.478 e. The second-order valence-corrected chi connectivity index (χ2v) is 12.1. The molecular formula is C30H24F8N2O5. The topological polar surface area (TPSA) is 105 Å². The molecule has 3 aliphatic carbocycles. The number of carbonyl (C=O) groups excluding carboxylic acids is 2. The Morgan fingerprint density at radius 1 is 0.933 bits per heavy atom. The summed E-state index contributed by atoms with van der Waals surface area (Å²) in [4.78, 5) is 38.5. The molecule has 2 heterocycles. The Labute approximate surface area is 249 Å². The maximum atomic E-state index is 14.7. The molecule has 5 fully saturated rings. The summed E-state index contributed by atoms with van der Waals surface area (Å²) in [7, 11) is 0. The number of aromatic carboxylic acids is 1. The van der Waals surface area contributed by atoms with E-state index in [1.807, 2.05) is 0 Å². The van der Waals surface area contributed by atoms with Gasteiger partial charge in [-0.3, -0.25) is 9.59 Å². The number of benzene rings is 2. The van der Waals surface area contributed by atoms with Crippen LogP contribution in [0.4, 0.5) is 40.8 Å². The summed E-state index contributed by atoms with van der Waals surface area (Å²) in [5, 5.41) is 14.2. The average Bonchev–Trinajstić information content (AvgIpc) is 3.67. The van der Waals surface area contributed by atoms with E-state index >= 15 is 0 Å². The molecule has 2 aromatic rings. The Kier molecular flexibility index (Phi) is 7.06. The molecule has 15 heteroatoms. The fourth-order valence-electron chi connectivity index (χ4n) is 7.59. The normalized spacial score (nSPS) is 31.2. The molecule has 45 heavy (non-hydrogen) atoms. The first-order valence-corrected chi connectivity index (χ1v) is 13.9. The van der Waals surface area contributed by atoms with Crippen LogP contribution in [-0.2, 0) is 25.9 Å². The third kappa shape index (κ3) is 5.24. The molecule has 2 amide bonds. The van der Waals surface area contributed by atoms with Crippen molar-refractivity contribution in [1.82, 2.24) is 5.32 Å². The number of alkyl halides is 6. The van der Waals surface area contributed by atoms with Crippen LogP contribution >= 0.6 is 0 Å². The van der Waals surface area contributed by atoms with Crippen LogP contribution in [0.1, 0.15) is 47.2 Å². The molecule has 2 aromatic carbocycles. The number of ether oxygens (including phenoxy) is 1. The molecule has 3 saturated carbocycles. The van der Waals surface area contributed by atoms with Crippen molar-refractivity contribution in [2.75, 3.05) is 11.9 Å². The lowest BCUT2D eigenvalue weighted by atomic mass is 9.58. The van der Waals surface area contributed by atoms with Crippen LogP contribution < -0.4 is 10.6 Å². The molecule has 7 nitrogen and oxygen atoms in total. The van der Waals surface area contributed by atoms with Crippen molar-refractivity contribution in [2.24, 2.45) is 17.8 Å². The second-order valence-electron chi connectivity index (χ2n) is 12.1. The number of carboxylic acid groups (broad SMARTS) is 1. The fraction of sp³-hybridized carbons (Fsp3) is 0.433. The van der Waals surface area contributed by atoms with E-state index < -0.39 is 87.8 Å². The van der Waals surface area contributed by atoms with Crippen molar-refractivity contribution >= 4 is 23.5 Å². The molecule has 7 rings (SSSR count). The van der Waals surface area contributed by atoms with Crippen LogP contribution in [-0.4, -0.2) is 47.3 Å². The lowest BCUT2D eigenvalue weighted by Crippen LogP contribution is -2.60. The first kappa shape index (κ1) is 31.0. The Bertz CT molecular complexity index is 1630. The number of fused-ring (bicyclic) bond motifs is 3. The predicted molar refractivity (Wildman–Crippen MR) is 139 cm³/mol. The monoisotopic (exact) mass is 644 g/mol. The third-order valence-corrected chi connectivity index (χ3v) is 9.44. The standard InChI is InChI=1S/C30H24F8N2O5/c31-20-5-1-13(25(42)43)7-18(20)27-10-28(11-27,45-12-27)26(44)40-23-16-4-3-15(17(16)9-29(33,34)35)22(23)24(41)39-14-2-6-21(32)19(8-14)30(36,37)38/h1-2,5-9,15-16,22-23H,3-4,10-12H2,(H,39,41)(H,40,44)(H,42,43)/b17-9-/t15-,16+,22-,23+,27?,28?/m0/s1. The van der Waals surface area contributed by atoms with Crippen LogP contribution in [0.2, 0.25) is 0 Å². The molecule has 4 bridgehead atoms. The largest absolute Gasteiger partial charge is 0.478 e. The summed E-state index contributed by atoms with van der Waals surface area (Å²) < 4.78 is 114. The minimum atomic E-state index is -5.08. The van der Waals surface area contributed by atoms with Gasteiger partial charge in [-0.1, -0.05) is 5.57 Å². The summed E-state index contributed by atoms with van der Waals surface area (Å²) in [6.07, 6.45) is -9.50. The summed E-state index contributed by atoms with van der Waals surface area (Å²) in [6, 6.07) is 3.83. The van der Waals surface area contributed by atoms with Gasteiger partial charge in [0, 0.05) is 29.1 Å². The fourth-order valence-corrected chi connectivity index (χ4v) is 7.59. The van der Waals surface area contributed by atoms with Gasteiger partial charge < -0.3 is 20.5 Å². The van der Waals surface area contributed by atoms with Gasteiger partial charge in [0.1, 0.15) is 17.2 Å². The smallest absolute Gasteiger partial charge is 0.419 e. The van der Waals surface area contributed by atoms with Gasteiger partial charge in [-0.2, -0.15) is 26.3 Å². The molecule has 2 aliphatic heterocycles. The van der Waals surface area contributed by atoms with E-state index in [0.717, 1.165) is 18.2 Å². The van der Waals surface area contributed by atoms with Gasteiger partial charge in [0.05, 0.1) is 23.7 Å². The molecule has 0 aromatic heterocycles. The van der Waals surface area contributed by atoms with Crippen molar-refractivity contribution in [1.29, 1.82) is 0 Å². The number of rotatable bonds is 6. The van der Waals surface area contributed by atoms with E-state index in [4.69, 9.17) is 4.74 Å². The maximum Gasteiger partial charge on any atom is 0.419 e. The van der Waals surface area contributed by atoms with Gasteiger partial charge in [-0.15, -0.1) is 0 Å².